The van der Waals surface area contributed by atoms with Crippen LogP contribution in [0.1, 0.15) is 33.3 Å². The molecule has 4 nitrogen and oxygen atoms in total. The number of benzene rings is 2. The summed E-state index contributed by atoms with van der Waals surface area (Å²) in [7, 11) is 0. The molecule has 4 heteroatoms. The highest BCUT2D eigenvalue weighted by Gasteiger charge is 2.15. The van der Waals surface area contributed by atoms with Crippen LogP contribution in [0.5, 0.6) is 5.75 Å². The number of hydrogen-bond donors (Lipinski definition) is 1. The summed E-state index contributed by atoms with van der Waals surface area (Å²) in [5, 5.41) is 5.11. The zero-order valence-electron chi connectivity index (χ0n) is 14.3. The van der Waals surface area contributed by atoms with E-state index >= 15 is 0 Å². The third-order valence-corrected chi connectivity index (χ3v) is 3.29. The molecule has 0 radical (unpaired) electrons. The number of ether oxygens (including phenoxy) is 2. The Hall–Kier alpha value is -2.23. The van der Waals surface area contributed by atoms with Crippen molar-refractivity contribution < 1.29 is 14.3 Å². The minimum absolute atomic E-state index is 0.392. The highest BCUT2D eigenvalue weighted by molar-refractivity contribution is 5.85. The average molecular weight is 315 g/mol. The Kier molecular flexibility index (Phi) is 5.48. The molecule has 2 aromatic rings. The van der Waals surface area contributed by atoms with E-state index in [-0.39, 0.29) is 0 Å². The van der Waals surface area contributed by atoms with Gasteiger partial charge in [-0.15, -0.1) is 0 Å². The van der Waals surface area contributed by atoms with E-state index < -0.39 is 11.7 Å². The maximum Gasteiger partial charge on any atom is 0.407 e. The summed E-state index contributed by atoms with van der Waals surface area (Å²) >= 11 is 0. The van der Waals surface area contributed by atoms with Gasteiger partial charge in [-0.05, 0) is 62.6 Å². The number of rotatable bonds is 5. The number of fused-ring (bicyclic) bond motifs is 1. The van der Waals surface area contributed by atoms with Gasteiger partial charge in [0.15, 0.2) is 0 Å². The van der Waals surface area contributed by atoms with Gasteiger partial charge in [0.2, 0.25) is 0 Å². The van der Waals surface area contributed by atoms with E-state index in [1.165, 1.54) is 5.39 Å². The van der Waals surface area contributed by atoms with Crippen LogP contribution in [0.25, 0.3) is 10.8 Å². The Morgan fingerprint density at radius 1 is 1.13 bits per heavy atom. The normalized spacial score (nSPS) is 11.3. The number of carbonyl (C=O) groups is 1. The SMILES string of the molecule is CCOc1cc2ccccc2cc1CCNC(=O)OC(C)(C)C. The van der Waals surface area contributed by atoms with E-state index in [2.05, 4.69) is 29.6 Å². The van der Waals surface area contributed by atoms with Gasteiger partial charge < -0.3 is 14.8 Å². The van der Waals surface area contributed by atoms with E-state index in [1.54, 1.807) is 0 Å². The standard InChI is InChI=1S/C19H25NO3/c1-5-22-17-13-15-9-7-6-8-14(15)12-16(17)10-11-20-18(21)23-19(2,3)4/h6-9,12-13H,5,10-11H2,1-4H3,(H,20,21). The predicted octanol–water partition coefficient (Wildman–Crippen LogP) is 4.31. The zero-order valence-corrected chi connectivity index (χ0v) is 14.3. The van der Waals surface area contributed by atoms with Crippen LogP contribution >= 0.6 is 0 Å². The van der Waals surface area contributed by atoms with Crippen LogP contribution in [-0.4, -0.2) is 24.8 Å². The van der Waals surface area contributed by atoms with Gasteiger partial charge in [-0.1, -0.05) is 24.3 Å². The molecule has 0 unspecified atom stereocenters. The van der Waals surface area contributed by atoms with Crippen molar-refractivity contribution in [3.63, 3.8) is 0 Å². The van der Waals surface area contributed by atoms with Gasteiger partial charge in [0.05, 0.1) is 6.61 Å². The van der Waals surface area contributed by atoms with Crippen LogP contribution < -0.4 is 10.1 Å². The minimum atomic E-state index is -0.483. The third kappa shape index (κ3) is 5.16. The Balaban J connectivity index is 2.06. The van der Waals surface area contributed by atoms with E-state index in [0.717, 1.165) is 16.7 Å². The van der Waals surface area contributed by atoms with Crippen molar-refractivity contribution in [2.24, 2.45) is 0 Å². The molecule has 2 aromatic carbocycles. The largest absolute Gasteiger partial charge is 0.494 e. The zero-order chi connectivity index (χ0) is 16.9. The monoisotopic (exact) mass is 315 g/mol. The van der Waals surface area contributed by atoms with Gasteiger partial charge >= 0.3 is 6.09 Å². The molecule has 0 spiro atoms. The fraction of sp³-hybridized carbons (Fsp3) is 0.421. The molecule has 0 aliphatic heterocycles. The molecular formula is C19H25NO3. The Morgan fingerprint density at radius 2 is 1.78 bits per heavy atom. The lowest BCUT2D eigenvalue weighted by atomic mass is 10.0. The second-order valence-corrected chi connectivity index (χ2v) is 6.42. The first-order valence-electron chi connectivity index (χ1n) is 8.00. The Labute approximate surface area is 137 Å². The van der Waals surface area contributed by atoms with Crippen LogP contribution in [0.4, 0.5) is 4.79 Å². The first-order chi connectivity index (χ1) is 10.9. The lowest BCUT2D eigenvalue weighted by Crippen LogP contribution is -2.33. The van der Waals surface area contributed by atoms with Crippen molar-refractivity contribution >= 4 is 16.9 Å². The fourth-order valence-corrected chi connectivity index (χ4v) is 2.37. The molecule has 124 valence electrons. The van der Waals surface area contributed by atoms with Gasteiger partial charge in [-0.3, -0.25) is 0 Å². The molecule has 1 amide bonds. The summed E-state index contributed by atoms with van der Waals surface area (Å²) in [6.45, 7) is 8.64. The molecule has 1 N–H and O–H groups in total. The van der Waals surface area contributed by atoms with Crippen molar-refractivity contribution in [1.82, 2.24) is 5.32 Å². The smallest absolute Gasteiger partial charge is 0.407 e. The van der Waals surface area contributed by atoms with Crippen LogP contribution in [0.15, 0.2) is 36.4 Å². The summed E-state index contributed by atoms with van der Waals surface area (Å²) < 4.78 is 11.0. The Morgan fingerprint density at radius 3 is 2.39 bits per heavy atom. The maximum atomic E-state index is 11.7. The number of nitrogens with one attached hydrogen (secondary N) is 1. The molecule has 0 fully saturated rings. The highest BCUT2D eigenvalue weighted by Crippen LogP contribution is 2.26. The van der Waals surface area contributed by atoms with Crippen molar-refractivity contribution in [1.29, 1.82) is 0 Å². The summed E-state index contributed by atoms with van der Waals surface area (Å²) in [6.07, 6.45) is 0.301. The van der Waals surface area contributed by atoms with Crippen LogP contribution in [0.3, 0.4) is 0 Å². The van der Waals surface area contributed by atoms with E-state index in [9.17, 15) is 4.79 Å². The average Bonchev–Trinajstić information content (AvgIpc) is 2.46. The van der Waals surface area contributed by atoms with Crippen LogP contribution in [-0.2, 0) is 11.2 Å². The first-order valence-corrected chi connectivity index (χ1v) is 8.00. The van der Waals surface area contributed by atoms with Gasteiger partial charge in [0.25, 0.3) is 0 Å². The van der Waals surface area contributed by atoms with Gasteiger partial charge in [-0.2, -0.15) is 0 Å². The van der Waals surface area contributed by atoms with Crippen LogP contribution in [0.2, 0.25) is 0 Å². The molecule has 2 rings (SSSR count). The van der Waals surface area contributed by atoms with Crippen LogP contribution in [0, 0.1) is 0 Å². The minimum Gasteiger partial charge on any atom is -0.494 e. The molecule has 0 atom stereocenters. The van der Waals surface area contributed by atoms with Crippen molar-refractivity contribution in [3.05, 3.63) is 42.0 Å². The number of amides is 1. The molecule has 0 saturated carbocycles. The Bertz CT molecular complexity index is 674. The van der Waals surface area contributed by atoms with Crippen molar-refractivity contribution in [2.75, 3.05) is 13.2 Å². The second-order valence-electron chi connectivity index (χ2n) is 6.42. The van der Waals surface area contributed by atoms with Crippen molar-refractivity contribution in [3.8, 4) is 5.75 Å². The van der Waals surface area contributed by atoms with E-state index in [0.29, 0.717) is 19.6 Å². The first kappa shape index (κ1) is 17.1. The molecule has 0 aromatic heterocycles. The highest BCUT2D eigenvalue weighted by atomic mass is 16.6. The predicted molar refractivity (Wildman–Crippen MR) is 93.1 cm³/mol. The number of alkyl carbamates (subject to hydrolysis) is 1. The second kappa shape index (κ2) is 7.36. The number of carbonyl (C=O) groups excluding carboxylic acids is 1. The fourth-order valence-electron chi connectivity index (χ4n) is 2.37. The molecule has 0 saturated heterocycles. The molecule has 0 aliphatic carbocycles. The molecular weight excluding hydrogens is 290 g/mol. The topological polar surface area (TPSA) is 47.6 Å². The lowest BCUT2D eigenvalue weighted by Gasteiger charge is -2.20. The summed E-state index contributed by atoms with van der Waals surface area (Å²) in [5.41, 5.74) is 0.602. The van der Waals surface area contributed by atoms with Gasteiger partial charge in [0, 0.05) is 6.54 Å². The molecule has 0 heterocycles. The summed E-state index contributed by atoms with van der Waals surface area (Å²) in [4.78, 5) is 11.7. The summed E-state index contributed by atoms with van der Waals surface area (Å²) in [6, 6.07) is 12.4. The molecule has 23 heavy (non-hydrogen) atoms. The summed E-state index contributed by atoms with van der Waals surface area (Å²) in [5.74, 6) is 0.872. The van der Waals surface area contributed by atoms with E-state index in [4.69, 9.17) is 9.47 Å². The quantitative estimate of drug-likeness (QED) is 0.894. The number of hydrogen-bond acceptors (Lipinski definition) is 3. The molecule has 0 aliphatic rings. The maximum absolute atomic E-state index is 11.7. The van der Waals surface area contributed by atoms with E-state index in [1.807, 2.05) is 39.8 Å². The third-order valence-electron chi connectivity index (χ3n) is 3.29. The van der Waals surface area contributed by atoms with Crippen molar-refractivity contribution in [2.45, 2.75) is 39.7 Å². The lowest BCUT2D eigenvalue weighted by molar-refractivity contribution is 0.0528. The van der Waals surface area contributed by atoms with Gasteiger partial charge in [0.1, 0.15) is 11.4 Å². The molecule has 0 bridgehead atoms. The van der Waals surface area contributed by atoms with Gasteiger partial charge in [-0.25, -0.2) is 4.79 Å².